The molecule has 5 unspecified atom stereocenters. The number of carbonyl (C=O) groups is 2. The molecule has 0 radical (unpaired) electrons. The zero-order chi connectivity index (χ0) is 23.2. The molecule has 0 saturated carbocycles. The standard InChI is InChI=1S/C20H32N6O4/c1-7-8-9-10-20(4,17(24-26-22)12-15(3)19(28)30-6)13-16(23-25-21)11-14(2)18(27)29-5/h7-9,14-17H,1,10-13H2,2-6H3/b9-8-. The zero-order valence-corrected chi connectivity index (χ0v) is 18.4. The highest BCUT2D eigenvalue weighted by molar-refractivity contribution is 5.72. The van der Waals surface area contributed by atoms with Gasteiger partial charge in [-0.3, -0.25) is 9.59 Å². The van der Waals surface area contributed by atoms with Gasteiger partial charge in [-0.1, -0.05) is 55.8 Å². The Morgan fingerprint density at radius 1 is 1.07 bits per heavy atom. The lowest BCUT2D eigenvalue weighted by molar-refractivity contribution is -0.146. The van der Waals surface area contributed by atoms with E-state index in [-0.39, 0.29) is 12.8 Å². The Morgan fingerprint density at radius 3 is 2.07 bits per heavy atom. The lowest BCUT2D eigenvalue weighted by Gasteiger charge is -2.38. The molecule has 0 aliphatic carbocycles. The minimum atomic E-state index is -0.650. The number of rotatable bonds is 14. The molecule has 0 rings (SSSR count). The van der Waals surface area contributed by atoms with E-state index in [1.807, 2.05) is 13.0 Å². The van der Waals surface area contributed by atoms with Crippen molar-refractivity contribution in [3.8, 4) is 0 Å². The largest absolute Gasteiger partial charge is 0.469 e. The van der Waals surface area contributed by atoms with Crippen LogP contribution in [0.2, 0.25) is 0 Å². The van der Waals surface area contributed by atoms with Gasteiger partial charge in [0.1, 0.15) is 0 Å². The normalized spacial score (nSPS) is 16.7. The summed E-state index contributed by atoms with van der Waals surface area (Å²) in [4.78, 5) is 29.6. The summed E-state index contributed by atoms with van der Waals surface area (Å²) in [6.45, 7) is 8.97. The molecule has 166 valence electrons. The minimum absolute atomic E-state index is 0.269. The van der Waals surface area contributed by atoms with E-state index in [1.165, 1.54) is 14.2 Å². The first-order chi connectivity index (χ1) is 14.2. The van der Waals surface area contributed by atoms with Crippen LogP contribution in [-0.2, 0) is 19.1 Å². The van der Waals surface area contributed by atoms with Gasteiger partial charge in [0.15, 0.2) is 0 Å². The molecule has 0 aromatic heterocycles. The van der Waals surface area contributed by atoms with Crippen LogP contribution in [0.3, 0.4) is 0 Å². The Labute approximate surface area is 177 Å². The molecule has 0 spiro atoms. The van der Waals surface area contributed by atoms with Gasteiger partial charge in [-0.2, -0.15) is 0 Å². The molecule has 10 nitrogen and oxygen atoms in total. The van der Waals surface area contributed by atoms with Crippen LogP contribution in [0.4, 0.5) is 0 Å². The van der Waals surface area contributed by atoms with E-state index in [4.69, 9.17) is 20.5 Å². The summed E-state index contributed by atoms with van der Waals surface area (Å²) < 4.78 is 9.56. The van der Waals surface area contributed by atoms with Crippen LogP contribution >= 0.6 is 0 Å². The molecule has 0 aromatic carbocycles. The molecule has 0 amide bonds. The van der Waals surface area contributed by atoms with Gasteiger partial charge < -0.3 is 9.47 Å². The fourth-order valence-corrected chi connectivity index (χ4v) is 3.44. The molecular weight excluding hydrogens is 388 g/mol. The Morgan fingerprint density at radius 2 is 1.60 bits per heavy atom. The van der Waals surface area contributed by atoms with E-state index in [0.29, 0.717) is 12.8 Å². The number of hydrogen-bond acceptors (Lipinski definition) is 6. The molecule has 0 aliphatic heterocycles. The SMILES string of the molecule is C=C/C=C\CC(C)(CC(CC(C)C(=O)OC)N=[N+]=[N-])C(CC(C)C(=O)OC)N=[N+]=[N-]. The Hall–Kier alpha value is -2.96. The van der Waals surface area contributed by atoms with Gasteiger partial charge in [-0.15, -0.1) is 0 Å². The predicted octanol–water partition coefficient (Wildman–Crippen LogP) is 5.27. The lowest BCUT2D eigenvalue weighted by Crippen LogP contribution is -2.37. The number of methoxy groups -OCH3 is 2. The molecule has 0 saturated heterocycles. The summed E-state index contributed by atoms with van der Waals surface area (Å²) in [5.74, 6) is -1.75. The molecule has 0 fully saturated rings. The van der Waals surface area contributed by atoms with Crippen molar-refractivity contribution in [1.82, 2.24) is 0 Å². The Balaban J connectivity index is 5.95. The van der Waals surface area contributed by atoms with Crippen molar-refractivity contribution < 1.29 is 19.1 Å². The highest BCUT2D eigenvalue weighted by Gasteiger charge is 2.37. The van der Waals surface area contributed by atoms with Gasteiger partial charge in [0.25, 0.3) is 0 Å². The van der Waals surface area contributed by atoms with Gasteiger partial charge in [0, 0.05) is 21.9 Å². The Bertz CT molecular complexity index is 712. The lowest BCUT2D eigenvalue weighted by atomic mass is 9.71. The van der Waals surface area contributed by atoms with Crippen molar-refractivity contribution in [2.24, 2.45) is 27.5 Å². The van der Waals surface area contributed by atoms with Crippen molar-refractivity contribution in [3.63, 3.8) is 0 Å². The van der Waals surface area contributed by atoms with E-state index in [9.17, 15) is 9.59 Å². The van der Waals surface area contributed by atoms with Crippen molar-refractivity contribution in [3.05, 3.63) is 45.7 Å². The van der Waals surface area contributed by atoms with Crippen LogP contribution in [-0.4, -0.2) is 38.2 Å². The summed E-state index contributed by atoms with van der Waals surface area (Å²) in [6, 6.07) is -1.10. The molecule has 0 aliphatic rings. The second kappa shape index (κ2) is 14.1. The van der Waals surface area contributed by atoms with E-state index >= 15 is 0 Å². The number of esters is 2. The summed E-state index contributed by atoms with van der Waals surface area (Å²) in [7, 11) is 2.61. The monoisotopic (exact) mass is 420 g/mol. The third-order valence-corrected chi connectivity index (χ3v) is 5.18. The number of nitrogens with zero attached hydrogens (tertiary/aromatic N) is 6. The van der Waals surface area contributed by atoms with Crippen LogP contribution in [0.25, 0.3) is 20.9 Å². The van der Waals surface area contributed by atoms with E-state index in [2.05, 4.69) is 26.6 Å². The van der Waals surface area contributed by atoms with Gasteiger partial charge in [-0.05, 0) is 42.2 Å². The van der Waals surface area contributed by atoms with Crippen LogP contribution in [0.1, 0.15) is 46.5 Å². The van der Waals surface area contributed by atoms with Crippen LogP contribution < -0.4 is 0 Å². The molecule has 0 aromatic rings. The quantitative estimate of drug-likeness (QED) is 0.123. The molecule has 30 heavy (non-hydrogen) atoms. The summed E-state index contributed by atoms with van der Waals surface area (Å²) >= 11 is 0. The van der Waals surface area contributed by atoms with Crippen LogP contribution in [0.5, 0.6) is 0 Å². The van der Waals surface area contributed by atoms with Crippen molar-refractivity contribution in [2.45, 2.75) is 58.5 Å². The maximum absolute atomic E-state index is 11.9. The topological polar surface area (TPSA) is 150 Å². The fraction of sp³-hybridized carbons (Fsp3) is 0.700. The highest BCUT2D eigenvalue weighted by Crippen LogP contribution is 2.39. The number of azide groups is 2. The third kappa shape index (κ3) is 9.03. The molecule has 0 bridgehead atoms. The van der Waals surface area contributed by atoms with E-state index < -0.39 is 41.3 Å². The second-order valence-corrected chi connectivity index (χ2v) is 7.63. The molecule has 0 heterocycles. The van der Waals surface area contributed by atoms with Gasteiger partial charge in [-0.25, -0.2) is 0 Å². The Kier molecular flexibility index (Phi) is 12.7. The molecule has 10 heteroatoms. The van der Waals surface area contributed by atoms with Gasteiger partial charge >= 0.3 is 11.9 Å². The molecule has 0 N–H and O–H groups in total. The van der Waals surface area contributed by atoms with Gasteiger partial charge in [0.2, 0.25) is 0 Å². The minimum Gasteiger partial charge on any atom is -0.469 e. The first-order valence-corrected chi connectivity index (χ1v) is 9.70. The molecule has 5 atom stereocenters. The fourth-order valence-electron chi connectivity index (χ4n) is 3.44. The van der Waals surface area contributed by atoms with E-state index in [0.717, 1.165) is 0 Å². The number of carbonyl (C=O) groups excluding carboxylic acids is 2. The maximum Gasteiger partial charge on any atom is 0.308 e. The number of hydrogen-bond donors (Lipinski definition) is 0. The predicted molar refractivity (Wildman–Crippen MR) is 114 cm³/mol. The van der Waals surface area contributed by atoms with Crippen molar-refractivity contribution in [2.75, 3.05) is 14.2 Å². The average molecular weight is 421 g/mol. The summed E-state index contributed by atoms with van der Waals surface area (Å²) in [6.07, 6.45) is 6.67. The highest BCUT2D eigenvalue weighted by atomic mass is 16.5. The average Bonchev–Trinajstić information content (AvgIpc) is 2.72. The summed E-state index contributed by atoms with van der Waals surface area (Å²) in [5.41, 5.74) is 17.5. The first kappa shape index (κ1) is 27.0. The van der Waals surface area contributed by atoms with Crippen LogP contribution in [0.15, 0.2) is 35.0 Å². The van der Waals surface area contributed by atoms with E-state index in [1.54, 1.807) is 26.0 Å². The number of ether oxygens (including phenoxy) is 2. The third-order valence-electron chi connectivity index (χ3n) is 5.18. The smallest absolute Gasteiger partial charge is 0.308 e. The van der Waals surface area contributed by atoms with Crippen LogP contribution in [0, 0.1) is 17.3 Å². The van der Waals surface area contributed by atoms with Crippen molar-refractivity contribution >= 4 is 11.9 Å². The maximum atomic E-state index is 11.9. The first-order valence-electron chi connectivity index (χ1n) is 9.70. The number of allylic oxidation sites excluding steroid dienone is 3. The zero-order valence-electron chi connectivity index (χ0n) is 18.4. The van der Waals surface area contributed by atoms with Gasteiger partial charge in [0.05, 0.1) is 26.1 Å². The summed E-state index contributed by atoms with van der Waals surface area (Å²) in [5, 5.41) is 7.83. The second-order valence-electron chi connectivity index (χ2n) is 7.63. The van der Waals surface area contributed by atoms with Crippen molar-refractivity contribution in [1.29, 1.82) is 0 Å². The molecular formula is C20H32N6O4.